The van der Waals surface area contributed by atoms with E-state index in [1.54, 1.807) is 25.1 Å². The largest absolute Gasteiger partial charge is 0.486 e. The lowest BCUT2D eigenvalue weighted by Gasteiger charge is -2.26. The van der Waals surface area contributed by atoms with Crippen molar-refractivity contribution in [1.29, 1.82) is 0 Å². The number of carbonyl (C=O) groups excluding carboxylic acids is 1. The lowest BCUT2D eigenvalue weighted by Crippen LogP contribution is -2.39. The van der Waals surface area contributed by atoms with Crippen LogP contribution >= 0.6 is 0 Å². The number of para-hydroxylation sites is 1. The summed E-state index contributed by atoms with van der Waals surface area (Å²) in [5.41, 5.74) is 2.04. The number of amides is 1. The van der Waals surface area contributed by atoms with E-state index in [9.17, 15) is 13.2 Å². The van der Waals surface area contributed by atoms with Gasteiger partial charge in [0.25, 0.3) is 0 Å². The quantitative estimate of drug-likeness (QED) is 0.745. The van der Waals surface area contributed by atoms with Crippen LogP contribution in [0.2, 0.25) is 0 Å². The molecule has 0 atom stereocenters. The predicted molar refractivity (Wildman–Crippen MR) is 113 cm³/mol. The first kappa shape index (κ1) is 21.0. The number of anilines is 2. The van der Waals surface area contributed by atoms with Crippen molar-refractivity contribution in [3.63, 3.8) is 0 Å². The van der Waals surface area contributed by atoms with Gasteiger partial charge >= 0.3 is 0 Å². The fourth-order valence-corrected chi connectivity index (χ4v) is 4.19. The Kier molecular flexibility index (Phi) is 6.32. The molecule has 1 heterocycles. The molecule has 1 N–H and O–H groups in total. The molecule has 1 aliphatic rings. The van der Waals surface area contributed by atoms with Gasteiger partial charge in [0.1, 0.15) is 19.8 Å². The van der Waals surface area contributed by atoms with Crippen LogP contribution in [-0.4, -0.2) is 39.8 Å². The lowest BCUT2D eigenvalue weighted by molar-refractivity contribution is -0.114. The molecular weight excluding hydrogens is 392 g/mol. The highest BCUT2D eigenvalue weighted by Gasteiger charge is 2.25. The van der Waals surface area contributed by atoms with E-state index in [2.05, 4.69) is 5.32 Å². The van der Waals surface area contributed by atoms with E-state index in [1.165, 1.54) is 0 Å². The van der Waals surface area contributed by atoms with Crippen LogP contribution in [0.25, 0.3) is 0 Å². The summed E-state index contributed by atoms with van der Waals surface area (Å²) < 4.78 is 37.6. The number of rotatable bonds is 7. The number of hydrogen-bond acceptors (Lipinski definition) is 5. The van der Waals surface area contributed by atoms with E-state index in [0.29, 0.717) is 36.1 Å². The zero-order valence-electron chi connectivity index (χ0n) is 16.8. The molecule has 0 aromatic heterocycles. The Balaban J connectivity index is 1.86. The fourth-order valence-electron chi connectivity index (χ4n) is 3.13. The smallest absolute Gasteiger partial charge is 0.245 e. The van der Waals surface area contributed by atoms with Crippen LogP contribution in [0.15, 0.2) is 42.5 Å². The second kappa shape index (κ2) is 8.73. The summed E-state index contributed by atoms with van der Waals surface area (Å²) in [7, 11) is -3.68. The van der Waals surface area contributed by atoms with Gasteiger partial charge in [0.15, 0.2) is 11.5 Å². The minimum Gasteiger partial charge on any atom is -0.486 e. The van der Waals surface area contributed by atoms with E-state index in [1.807, 2.05) is 38.1 Å². The summed E-state index contributed by atoms with van der Waals surface area (Å²) in [6.45, 7) is 6.13. The minimum absolute atomic E-state index is 0.128. The number of benzene rings is 2. The molecule has 2 aromatic rings. The Hall–Kier alpha value is -2.74. The standard InChI is InChI=1S/C21H26N2O5S/c1-4-29(25,26)23(16-9-10-19-20(13-16)28-12-11-27-19)14-21(24)22-18-8-6-5-7-17(18)15(2)3/h5-10,13,15H,4,11-12,14H2,1-3H3,(H,22,24). The summed E-state index contributed by atoms with van der Waals surface area (Å²) in [6, 6.07) is 12.4. The van der Waals surface area contributed by atoms with Gasteiger partial charge in [0.2, 0.25) is 15.9 Å². The molecule has 0 bridgehead atoms. The molecule has 3 rings (SSSR count). The molecule has 0 radical (unpaired) electrons. The second-order valence-electron chi connectivity index (χ2n) is 7.03. The maximum Gasteiger partial charge on any atom is 0.245 e. The van der Waals surface area contributed by atoms with Crippen LogP contribution in [0.3, 0.4) is 0 Å². The molecule has 29 heavy (non-hydrogen) atoms. The monoisotopic (exact) mass is 418 g/mol. The summed E-state index contributed by atoms with van der Waals surface area (Å²) in [6.07, 6.45) is 0. The van der Waals surface area contributed by atoms with Crippen molar-refractivity contribution in [1.82, 2.24) is 0 Å². The van der Waals surface area contributed by atoms with Crippen molar-refractivity contribution < 1.29 is 22.7 Å². The number of hydrogen-bond donors (Lipinski definition) is 1. The van der Waals surface area contributed by atoms with Crippen molar-refractivity contribution in [3.8, 4) is 11.5 Å². The third-order valence-corrected chi connectivity index (χ3v) is 6.40. The van der Waals surface area contributed by atoms with Gasteiger partial charge in [-0.05, 0) is 36.6 Å². The van der Waals surface area contributed by atoms with Crippen LogP contribution in [0.5, 0.6) is 11.5 Å². The molecule has 0 saturated heterocycles. The Labute approximate surface area is 171 Å². The van der Waals surface area contributed by atoms with Gasteiger partial charge in [0.05, 0.1) is 11.4 Å². The normalized spacial score (nSPS) is 13.2. The molecule has 7 nitrogen and oxygen atoms in total. The first-order valence-corrected chi connectivity index (χ1v) is 11.2. The van der Waals surface area contributed by atoms with Gasteiger partial charge in [-0.25, -0.2) is 8.42 Å². The Morgan fingerprint density at radius 3 is 2.48 bits per heavy atom. The van der Waals surface area contributed by atoms with Crippen LogP contribution in [-0.2, 0) is 14.8 Å². The third-order valence-electron chi connectivity index (χ3n) is 4.66. The predicted octanol–water partition coefficient (Wildman–Crippen LogP) is 3.38. The molecule has 1 amide bonds. The van der Waals surface area contributed by atoms with Crippen LogP contribution in [0, 0.1) is 0 Å². The Morgan fingerprint density at radius 2 is 1.79 bits per heavy atom. The average Bonchev–Trinajstić information content (AvgIpc) is 2.71. The molecule has 8 heteroatoms. The SMILES string of the molecule is CCS(=O)(=O)N(CC(=O)Nc1ccccc1C(C)C)c1ccc2c(c1)OCCO2. The van der Waals surface area contributed by atoms with Gasteiger partial charge in [0, 0.05) is 11.8 Å². The van der Waals surface area contributed by atoms with Crippen LogP contribution in [0.4, 0.5) is 11.4 Å². The van der Waals surface area contributed by atoms with Gasteiger partial charge in [-0.1, -0.05) is 32.0 Å². The highest BCUT2D eigenvalue weighted by molar-refractivity contribution is 7.92. The van der Waals surface area contributed by atoms with Gasteiger partial charge in [-0.15, -0.1) is 0 Å². The zero-order chi connectivity index (χ0) is 21.0. The van der Waals surface area contributed by atoms with Crippen LogP contribution < -0.4 is 19.1 Å². The second-order valence-corrected chi connectivity index (χ2v) is 9.21. The van der Waals surface area contributed by atoms with Gasteiger partial charge < -0.3 is 14.8 Å². The zero-order valence-corrected chi connectivity index (χ0v) is 17.7. The van der Waals surface area contributed by atoms with Crippen molar-refractivity contribution in [2.24, 2.45) is 0 Å². The third kappa shape index (κ3) is 4.82. The maximum absolute atomic E-state index is 12.7. The summed E-state index contributed by atoms with van der Waals surface area (Å²) in [5.74, 6) is 0.710. The van der Waals surface area contributed by atoms with Crippen molar-refractivity contribution >= 4 is 27.3 Å². The highest BCUT2D eigenvalue weighted by atomic mass is 32.2. The lowest BCUT2D eigenvalue weighted by atomic mass is 10.0. The van der Waals surface area contributed by atoms with E-state index < -0.39 is 15.9 Å². The molecular formula is C21H26N2O5S. The minimum atomic E-state index is -3.68. The van der Waals surface area contributed by atoms with E-state index in [4.69, 9.17) is 9.47 Å². The molecule has 2 aromatic carbocycles. The topological polar surface area (TPSA) is 84.9 Å². The van der Waals surface area contributed by atoms with Crippen LogP contribution in [0.1, 0.15) is 32.3 Å². The van der Waals surface area contributed by atoms with Crippen molar-refractivity contribution in [3.05, 3.63) is 48.0 Å². The number of nitrogens with one attached hydrogen (secondary N) is 1. The van der Waals surface area contributed by atoms with E-state index >= 15 is 0 Å². The molecule has 0 spiro atoms. The summed E-state index contributed by atoms with van der Waals surface area (Å²) in [5, 5.41) is 2.85. The molecule has 0 fully saturated rings. The Morgan fingerprint density at radius 1 is 1.10 bits per heavy atom. The maximum atomic E-state index is 12.7. The van der Waals surface area contributed by atoms with Crippen molar-refractivity contribution in [2.75, 3.05) is 35.1 Å². The molecule has 0 unspecified atom stereocenters. The molecule has 1 aliphatic heterocycles. The number of fused-ring (bicyclic) bond motifs is 1. The fraction of sp³-hybridized carbons (Fsp3) is 0.381. The number of carbonyl (C=O) groups is 1. The summed E-state index contributed by atoms with van der Waals surface area (Å²) in [4.78, 5) is 12.7. The van der Waals surface area contributed by atoms with E-state index in [-0.39, 0.29) is 18.2 Å². The number of sulfonamides is 1. The van der Waals surface area contributed by atoms with Gasteiger partial charge in [-0.2, -0.15) is 0 Å². The average molecular weight is 419 g/mol. The molecule has 0 aliphatic carbocycles. The Bertz CT molecular complexity index is 988. The summed E-state index contributed by atoms with van der Waals surface area (Å²) >= 11 is 0. The molecule has 0 saturated carbocycles. The van der Waals surface area contributed by atoms with Gasteiger partial charge in [-0.3, -0.25) is 9.10 Å². The molecule has 156 valence electrons. The number of ether oxygens (including phenoxy) is 2. The first-order valence-electron chi connectivity index (χ1n) is 9.60. The first-order chi connectivity index (χ1) is 13.8. The number of nitrogens with zero attached hydrogens (tertiary/aromatic N) is 1. The van der Waals surface area contributed by atoms with E-state index in [0.717, 1.165) is 9.87 Å². The highest BCUT2D eigenvalue weighted by Crippen LogP contribution is 2.35. The van der Waals surface area contributed by atoms with Crippen molar-refractivity contribution in [2.45, 2.75) is 26.7 Å².